The van der Waals surface area contributed by atoms with Crippen molar-refractivity contribution in [2.24, 2.45) is 0 Å². The molecule has 158 valence electrons. The summed E-state index contributed by atoms with van der Waals surface area (Å²) in [6.45, 7) is 8.97. The molecule has 4 aromatic rings. The van der Waals surface area contributed by atoms with Crippen LogP contribution in [-0.4, -0.2) is 20.7 Å². The average Bonchev–Trinajstić information content (AvgIpc) is 3.18. The van der Waals surface area contributed by atoms with E-state index in [0.717, 1.165) is 46.4 Å². The van der Waals surface area contributed by atoms with E-state index in [1.54, 1.807) is 0 Å². The molecule has 0 saturated carbocycles. The van der Waals surface area contributed by atoms with Gasteiger partial charge in [0.25, 0.3) is 5.91 Å². The molecule has 31 heavy (non-hydrogen) atoms. The number of aryl methyl sites for hydroxylation is 3. The molecule has 0 radical (unpaired) electrons. The average molecular weight is 413 g/mol. The SMILES string of the molecule is CCC(NC(=O)c1cc(-c2cn(CC)nc2C)nc2ccccc12)c1ccc(C)cc1. The van der Waals surface area contributed by atoms with Crippen molar-refractivity contribution in [3.05, 3.63) is 83.2 Å². The predicted octanol–water partition coefficient (Wildman–Crippen LogP) is 5.62. The van der Waals surface area contributed by atoms with E-state index in [1.165, 1.54) is 5.56 Å². The lowest BCUT2D eigenvalue weighted by Gasteiger charge is -2.19. The number of amides is 1. The van der Waals surface area contributed by atoms with Gasteiger partial charge < -0.3 is 5.32 Å². The molecule has 4 rings (SSSR count). The monoisotopic (exact) mass is 412 g/mol. The highest BCUT2D eigenvalue weighted by Crippen LogP contribution is 2.27. The van der Waals surface area contributed by atoms with Crippen molar-refractivity contribution in [1.29, 1.82) is 0 Å². The van der Waals surface area contributed by atoms with E-state index < -0.39 is 0 Å². The first-order valence-electron chi connectivity index (χ1n) is 10.8. The molecule has 2 aromatic carbocycles. The van der Waals surface area contributed by atoms with Gasteiger partial charge in [-0.1, -0.05) is 55.0 Å². The van der Waals surface area contributed by atoms with Crippen LogP contribution < -0.4 is 5.32 Å². The molecule has 2 aromatic heterocycles. The standard InChI is InChI=1S/C26H28N4O/c1-5-23(19-13-11-17(3)12-14-19)28-26(31)21-15-25(22-16-30(6-2)29-18(22)4)27-24-10-8-7-9-20(21)24/h7-16,23H,5-6H2,1-4H3,(H,28,31). The lowest BCUT2D eigenvalue weighted by atomic mass is 10.0. The summed E-state index contributed by atoms with van der Waals surface area (Å²) in [4.78, 5) is 18.3. The number of hydrogen-bond acceptors (Lipinski definition) is 3. The van der Waals surface area contributed by atoms with Crippen LogP contribution in [0.4, 0.5) is 0 Å². The zero-order valence-electron chi connectivity index (χ0n) is 18.5. The first kappa shape index (κ1) is 20.8. The number of rotatable bonds is 6. The summed E-state index contributed by atoms with van der Waals surface area (Å²) in [5.74, 6) is -0.0900. The molecule has 1 atom stereocenters. The molecular formula is C26H28N4O. The van der Waals surface area contributed by atoms with Crippen LogP contribution in [-0.2, 0) is 6.54 Å². The maximum atomic E-state index is 13.4. The molecule has 5 heteroatoms. The lowest BCUT2D eigenvalue weighted by molar-refractivity contribution is 0.0937. The summed E-state index contributed by atoms with van der Waals surface area (Å²) in [6, 6.07) is 18.0. The Kier molecular flexibility index (Phi) is 5.85. The van der Waals surface area contributed by atoms with Crippen molar-refractivity contribution in [2.75, 3.05) is 0 Å². The summed E-state index contributed by atoms with van der Waals surface area (Å²) in [6.07, 6.45) is 2.81. The molecule has 2 heterocycles. The Labute approximate surface area is 183 Å². The molecule has 0 aliphatic carbocycles. The van der Waals surface area contributed by atoms with Crippen LogP contribution in [0.1, 0.15) is 53.5 Å². The van der Waals surface area contributed by atoms with E-state index in [0.29, 0.717) is 5.56 Å². The fraction of sp³-hybridized carbons (Fsp3) is 0.269. The number of pyridine rings is 1. The van der Waals surface area contributed by atoms with Crippen LogP contribution in [0, 0.1) is 13.8 Å². The lowest BCUT2D eigenvalue weighted by Crippen LogP contribution is -2.28. The van der Waals surface area contributed by atoms with Gasteiger partial charge in [0.05, 0.1) is 28.5 Å². The second-order valence-corrected chi connectivity index (χ2v) is 7.90. The van der Waals surface area contributed by atoms with Crippen LogP contribution in [0.2, 0.25) is 0 Å². The van der Waals surface area contributed by atoms with Crippen LogP contribution >= 0.6 is 0 Å². The quantitative estimate of drug-likeness (QED) is 0.447. The summed E-state index contributed by atoms with van der Waals surface area (Å²) < 4.78 is 1.89. The van der Waals surface area contributed by atoms with Gasteiger partial charge in [0.1, 0.15) is 0 Å². The number of nitrogens with zero attached hydrogens (tertiary/aromatic N) is 3. The normalized spacial score (nSPS) is 12.1. The van der Waals surface area contributed by atoms with Gasteiger partial charge in [-0.3, -0.25) is 9.48 Å². The fourth-order valence-corrected chi connectivity index (χ4v) is 3.89. The fourth-order valence-electron chi connectivity index (χ4n) is 3.89. The topological polar surface area (TPSA) is 59.8 Å². The van der Waals surface area contributed by atoms with Crippen molar-refractivity contribution < 1.29 is 4.79 Å². The van der Waals surface area contributed by atoms with E-state index in [1.807, 2.05) is 48.1 Å². The number of para-hydroxylation sites is 1. The van der Waals surface area contributed by atoms with E-state index in [2.05, 4.69) is 55.5 Å². The van der Waals surface area contributed by atoms with Crippen molar-refractivity contribution >= 4 is 16.8 Å². The van der Waals surface area contributed by atoms with E-state index in [9.17, 15) is 4.79 Å². The Hall–Kier alpha value is -3.47. The molecule has 0 saturated heterocycles. The second-order valence-electron chi connectivity index (χ2n) is 7.90. The maximum absolute atomic E-state index is 13.4. The zero-order valence-corrected chi connectivity index (χ0v) is 18.5. The van der Waals surface area contributed by atoms with Gasteiger partial charge in [0.2, 0.25) is 0 Å². The first-order valence-corrected chi connectivity index (χ1v) is 10.8. The molecule has 0 aliphatic rings. The summed E-state index contributed by atoms with van der Waals surface area (Å²) in [5, 5.41) is 8.63. The van der Waals surface area contributed by atoms with Gasteiger partial charge in [-0.25, -0.2) is 4.98 Å². The molecule has 5 nitrogen and oxygen atoms in total. The van der Waals surface area contributed by atoms with Crippen molar-refractivity contribution in [3.8, 4) is 11.3 Å². The molecule has 1 N–H and O–H groups in total. The highest BCUT2D eigenvalue weighted by Gasteiger charge is 2.19. The molecule has 0 fully saturated rings. The van der Waals surface area contributed by atoms with Crippen LogP contribution in [0.15, 0.2) is 60.8 Å². The molecule has 0 aliphatic heterocycles. The van der Waals surface area contributed by atoms with Crippen molar-refractivity contribution in [2.45, 2.75) is 46.7 Å². The summed E-state index contributed by atoms with van der Waals surface area (Å²) in [7, 11) is 0. The third-order valence-electron chi connectivity index (χ3n) is 5.70. The third-order valence-corrected chi connectivity index (χ3v) is 5.70. The molecule has 1 amide bonds. The Balaban J connectivity index is 1.75. The van der Waals surface area contributed by atoms with Gasteiger partial charge in [-0.15, -0.1) is 0 Å². The molecule has 1 unspecified atom stereocenters. The van der Waals surface area contributed by atoms with Crippen LogP contribution in [0.25, 0.3) is 22.2 Å². The minimum Gasteiger partial charge on any atom is -0.345 e. The largest absolute Gasteiger partial charge is 0.345 e. The number of aromatic nitrogens is 3. The highest BCUT2D eigenvalue weighted by molar-refractivity contribution is 6.07. The van der Waals surface area contributed by atoms with E-state index >= 15 is 0 Å². The van der Waals surface area contributed by atoms with Crippen LogP contribution in [0.3, 0.4) is 0 Å². The number of benzene rings is 2. The Bertz CT molecular complexity index is 1220. The number of carbonyl (C=O) groups excluding carboxylic acids is 1. The third kappa shape index (κ3) is 4.22. The van der Waals surface area contributed by atoms with E-state index in [4.69, 9.17) is 4.98 Å². The van der Waals surface area contributed by atoms with Gasteiger partial charge in [-0.2, -0.15) is 5.10 Å². The molecular weight excluding hydrogens is 384 g/mol. The van der Waals surface area contributed by atoms with Crippen LogP contribution in [0.5, 0.6) is 0 Å². The number of fused-ring (bicyclic) bond motifs is 1. The summed E-state index contributed by atoms with van der Waals surface area (Å²) >= 11 is 0. The maximum Gasteiger partial charge on any atom is 0.252 e. The smallest absolute Gasteiger partial charge is 0.252 e. The second kappa shape index (κ2) is 8.72. The minimum absolute atomic E-state index is 0.0481. The van der Waals surface area contributed by atoms with Gasteiger partial charge in [0.15, 0.2) is 0 Å². The Morgan fingerprint density at radius 2 is 1.81 bits per heavy atom. The highest BCUT2D eigenvalue weighted by atomic mass is 16.1. The first-order chi connectivity index (χ1) is 15.0. The van der Waals surface area contributed by atoms with Crippen molar-refractivity contribution in [1.82, 2.24) is 20.1 Å². The molecule has 0 bridgehead atoms. The number of hydrogen-bond donors (Lipinski definition) is 1. The van der Waals surface area contributed by atoms with Gasteiger partial charge >= 0.3 is 0 Å². The number of carbonyl (C=O) groups is 1. The number of nitrogens with one attached hydrogen (secondary N) is 1. The Morgan fingerprint density at radius 3 is 2.48 bits per heavy atom. The van der Waals surface area contributed by atoms with Crippen molar-refractivity contribution in [3.63, 3.8) is 0 Å². The van der Waals surface area contributed by atoms with Gasteiger partial charge in [-0.05, 0) is 44.9 Å². The predicted molar refractivity (Wildman–Crippen MR) is 125 cm³/mol. The van der Waals surface area contributed by atoms with E-state index in [-0.39, 0.29) is 11.9 Å². The molecule has 0 spiro atoms. The summed E-state index contributed by atoms with van der Waals surface area (Å²) in [5.41, 5.74) is 6.38. The minimum atomic E-state index is -0.0900. The van der Waals surface area contributed by atoms with Gasteiger partial charge in [0, 0.05) is 23.7 Å². The zero-order chi connectivity index (χ0) is 22.0. The Morgan fingerprint density at radius 1 is 1.06 bits per heavy atom.